The van der Waals surface area contributed by atoms with Gasteiger partial charge in [0, 0.05) is 4.47 Å². The maximum atomic E-state index is 12.7. The Morgan fingerprint density at radius 3 is 2.53 bits per heavy atom. The number of nitrogens with one attached hydrogen (secondary N) is 1. The number of esters is 1. The number of amides is 3. The Morgan fingerprint density at radius 1 is 1.13 bits per heavy atom. The molecule has 2 aromatic rings. The second kappa shape index (κ2) is 9.45. The van der Waals surface area contributed by atoms with E-state index in [4.69, 9.17) is 9.47 Å². The first-order valence-corrected chi connectivity index (χ1v) is 9.68. The number of imide groups is 1. The molecular weight excluding hydrogens is 456 g/mol. The molecule has 1 saturated heterocycles. The van der Waals surface area contributed by atoms with Gasteiger partial charge in [0.1, 0.15) is 5.70 Å². The van der Waals surface area contributed by atoms with E-state index in [1.165, 1.54) is 14.2 Å². The van der Waals surface area contributed by atoms with Gasteiger partial charge in [-0.1, -0.05) is 46.3 Å². The Bertz CT molecular complexity index is 1010. The van der Waals surface area contributed by atoms with Gasteiger partial charge in [-0.2, -0.15) is 0 Å². The molecule has 1 aliphatic rings. The number of carbonyl (C=O) groups excluding carboxylic acids is 3. The van der Waals surface area contributed by atoms with Gasteiger partial charge in [-0.25, -0.2) is 9.59 Å². The van der Waals surface area contributed by atoms with Crippen LogP contribution in [-0.2, 0) is 20.9 Å². The van der Waals surface area contributed by atoms with Gasteiger partial charge in [-0.3, -0.25) is 9.69 Å². The largest absolute Gasteiger partial charge is 0.493 e. The maximum absolute atomic E-state index is 12.7. The second-order valence-electron chi connectivity index (χ2n) is 6.25. The third-order valence-electron chi connectivity index (χ3n) is 4.30. The van der Waals surface area contributed by atoms with Gasteiger partial charge in [0.2, 0.25) is 0 Å². The van der Waals surface area contributed by atoms with Crippen molar-refractivity contribution < 1.29 is 28.6 Å². The predicted octanol–water partition coefficient (Wildman–Crippen LogP) is 3.10. The monoisotopic (exact) mass is 474 g/mol. The number of ether oxygens (including phenoxy) is 3. The number of carbonyl (C=O) groups is 3. The van der Waals surface area contributed by atoms with Crippen molar-refractivity contribution in [2.45, 2.75) is 6.54 Å². The summed E-state index contributed by atoms with van der Waals surface area (Å²) in [6.07, 6.45) is 1.54. The van der Waals surface area contributed by atoms with E-state index < -0.39 is 17.9 Å². The van der Waals surface area contributed by atoms with Crippen LogP contribution in [0.5, 0.6) is 11.5 Å². The van der Waals surface area contributed by atoms with Crippen molar-refractivity contribution in [3.8, 4) is 11.5 Å². The number of hydrogen-bond donors (Lipinski definition) is 1. The van der Waals surface area contributed by atoms with Gasteiger partial charge >= 0.3 is 12.0 Å². The molecule has 156 valence electrons. The zero-order valence-electron chi connectivity index (χ0n) is 16.3. The molecule has 1 aliphatic heterocycles. The first-order chi connectivity index (χ1) is 14.4. The van der Waals surface area contributed by atoms with Crippen LogP contribution in [-0.4, -0.2) is 43.6 Å². The molecule has 0 aromatic heterocycles. The molecule has 1 heterocycles. The van der Waals surface area contributed by atoms with E-state index in [9.17, 15) is 14.4 Å². The highest BCUT2D eigenvalue weighted by Crippen LogP contribution is 2.35. The fourth-order valence-corrected chi connectivity index (χ4v) is 3.20. The molecule has 0 saturated carbocycles. The summed E-state index contributed by atoms with van der Waals surface area (Å²) in [7, 11) is 2.72. The smallest absolute Gasteiger partial charge is 0.343 e. The van der Waals surface area contributed by atoms with Crippen LogP contribution in [0.25, 0.3) is 6.08 Å². The molecule has 3 rings (SSSR count). The van der Waals surface area contributed by atoms with Crippen LogP contribution in [0, 0.1) is 0 Å². The average molecular weight is 475 g/mol. The molecule has 3 amide bonds. The summed E-state index contributed by atoms with van der Waals surface area (Å²) in [5.74, 6) is -0.283. The lowest BCUT2D eigenvalue weighted by Crippen LogP contribution is -2.30. The summed E-state index contributed by atoms with van der Waals surface area (Å²) in [6.45, 7) is -0.101. The van der Waals surface area contributed by atoms with E-state index in [0.29, 0.717) is 21.5 Å². The van der Waals surface area contributed by atoms with Crippen LogP contribution < -0.4 is 14.8 Å². The number of halogens is 1. The van der Waals surface area contributed by atoms with Crippen molar-refractivity contribution in [3.63, 3.8) is 0 Å². The Hall–Kier alpha value is -3.33. The van der Waals surface area contributed by atoms with Gasteiger partial charge in [0.15, 0.2) is 18.1 Å². The first kappa shape index (κ1) is 21.4. The molecule has 0 bridgehead atoms. The van der Waals surface area contributed by atoms with Crippen LogP contribution in [0.1, 0.15) is 11.1 Å². The molecule has 1 N–H and O–H groups in total. The third kappa shape index (κ3) is 4.80. The third-order valence-corrected chi connectivity index (χ3v) is 4.99. The van der Waals surface area contributed by atoms with Crippen LogP contribution in [0.4, 0.5) is 4.79 Å². The van der Waals surface area contributed by atoms with E-state index in [0.717, 1.165) is 10.5 Å². The summed E-state index contributed by atoms with van der Waals surface area (Å²) in [4.78, 5) is 37.4. The van der Waals surface area contributed by atoms with E-state index >= 15 is 0 Å². The van der Waals surface area contributed by atoms with Crippen molar-refractivity contribution >= 4 is 39.9 Å². The van der Waals surface area contributed by atoms with E-state index in [1.807, 2.05) is 30.3 Å². The molecule has 9 heteroatoms. The summed E-state index contributed by atoms with van der Waals surface area (Å²) in [5, 5.41) is 2.59. The number of rotatable bonds is 7. The summed E-state index contributed by atoms with van der Waals surface area (Å²) >= 11 is 3.41. The number of hydrogen-bond acceptors (Lipinski definition) is 6. The van der Waals surface area contributed by atoms with Gasteiger partial charge in [-0.05, 0) is 29.3 Å². The molecule has 8 nitrogen and oxygen atoms in total. The van der Waals surface area contributed by atoms with Crippen molar-refractivity contribution in [2.24, 2.45) is 0 Å². The maximum Gasteiger partial charge on any atom is 0.343 e. The Kier molecular flexibility index (Phi) is 6.73. The molecule has 0 atom stereocenters. The van der Waals surface area contributed by atoms with Crippen molar-refractivity contribution in [3.05, 3.63) is 63.8 Å². The van der Waals surface area contributed by atoms with Crippen molar-refractivity contribution in [1.29, 1.82) is 0 Å². The second-order valence-corrected chi connectivity index (χ2v) is 7.11. The quantitative estimate of drug-likeness (QED) is 0.376. The zero-order valence-corrected chi connectivity index (χ0v) is 17.9. The van der Waals surface area contributed by atoms with Crippen LogP contribution in [0.2, 0.25) is 0 Å². The van der Waals surface area contributed by atoms with Gasteiger partial charge in [-0.15, -0.1) is 0 Å². The Morgan fingerprint density at radius 2 is 1.87 bits per heavy atom. The molecule has 0 spiro atoms. The molecular formula is C21H19BrN2O6. The summed E-state index contributed by atoms with van der Waals surface area (Å²) in [5.41, 5.74) is 1.57. The standard InChI is InChI=1S/C21H19BrN2O6/c1-28-17-9-14(15(22)10-18(17)30-12-19(25)29-2)8-16-20(26)24(21(27)23-16)11-13-6-4-3-5-7-13/h3-10H,11-12H2,1-2H3,(H,23,27)/b16-8+. The summed E-state index contributed by atoms with van der Waals surface area (Å²) < 4.78 is 15.9. The highest BCUT2D eigenvalue weighted by Gasteiger charge is 2.33. The van der Waals surface area contributed by atoms with Crippen molar-refractivity contribution in [2.75, 3.05) is 20.8 Å². The van der Waals surface area contributed by atoms with E-state index in [1.54, 1.807) is 18.2 Å². The lowest BCUT2D eigenvalue weighted by molar-refractivity contribution is -0.142. The lowest BCUT2D eigenvalue weighted by atomic mass is 10.1. The SMILES string of the molecule is COC(=O)COc1cc(Br)c(/C=C2/NC(=O)N(Cc3ccccc3)C2=O)cc1OC. The topological polar surface area (TPSA) is 94.2 Å². The predicted molar refractivity (Wildman–Crippen MR) is 112 cm³/mol. The normalized spacial score (nSPS) is 14.6. The average Bonchev–Trinajstić information content (AvgIpc) is 3.01. The Balaban J connectivity index is 1.82. The minimum Gasteiger partial charge on any atom is -0.493 e. The van der Waals surface area contributed by atoms with Crippen LogP contribution >= 0.6 is 15.9 Å². The van der Waals surface area contributed by atoms with Crippen LogP contribution in [0.3, 0.4) is 0 Å². The van der Waals surface area contributed by atoms with Crippen molar-refractivity contribution in [1.82, 2.24) is 10.2 Å². The van der Waals surface area contributed by atoms with Crippen LogP contribution in [0.15, 0.2) is 52.6 Å². The van der Waals surface area contributed by atoms with Gasteiger partial charge in [0.25, 0.3) is 5.91 Å². The Labute approximate surface area is 181 Å². The molecule has 0 aliphatic carbocycles. The molecule has 1 fully saturated rings. The van der Waals surface area contributed by atoms with Gasteiger partial charge in [0.05, 0.1) is 20.8 Å². The minimum atomic E-state index is -0.530. The van der Waals surface area contributed by atoms with E-state index in [2.05, 4.69) is 26.0 Å². The number of methoxy groups -OCH3 is 2. The zero-order chi connectivity index (χ0) is 21.7. The minimum absolute atomic E-state index is 0.141. The summed E-state index contributed by atoms with van der Waals surface area (Å²) in [6, 6.07) is 12.0. The van der Waals surface area contributed by atoms with Gasteiger partial charge < -0.3 is 19.5 Å². The lowest BCUT2D eigenvalue weighted by Gasteiger charge is -2.12. The number of benzene rings is 2. The highest BCUT2D eigenvalue weighted by atomic mass is 79.9. The van der Waals surface area contributed by atoms with E-state index in [-0.39, 0.29) is 18.8 Å². The molecule has 2 aromatic carbocycles. The number of nitrogens with zero attached hydrogens (tertiary/aromatic N) is 1. The molecule has 0 radical (unpaired) electrons. The fraction of sp³-hybridized carbons (Fsp3) is 0.190. The number of urea groups is 1. The highest BCUT2D eigenvalue weighted by molar-refractivity contribution is 9.10. The fourth-order valence-electron chi connectivity index (χ4n) is 2.77. The first-order valence-electron chi connectivity index (χ1n) is 8.88. The molecule has 30 heavy (non-hydrogen) atoms. The molecule has 0 unspecified atom stereocenters.